The summed E-state index contributed by atoms with van der Waals surface area (Å²) >= 11 is 0. The molecule has 2 heterocycles. The van der Waals surface area contributed by atoms with Crippen LogP contribution >= 0.6 is 0 Å². The lowest BCUT2D eigenvalue weighted by Gasteiger charge is -2.29. The topological polar surface area (TPSA) is 57.9 Å². The fourth-order valence-electron chi connectivity index (χ4n) is 2.64. The number of rotatable bonds is 1. The lowest BCUT2D eigenvalue weighted by atomic mass is 9.89. The second-order valence-electron chi connectivity index (χ2n) is 4.98. The molecule has 90 valence electrons. The van der Waals surface area contributed by atoms with Gasteiger partial charge in [-0.05, 0) is 56.6 Å². The summed E-state index contributed by atoms with van der Waals surface area (Å²) in [5.74, 6) is 1.18. The van der Waals surface area contributed by atoms with E-state index in [9.17, 15) is 0 Å². The van der Waals surface area contributed by atoms with Crippen molar-refractivity contribution in [2.45, 2.75) is 18.8 Å². The number of nitrogen functional groups attached to an aromatic ring is 1. The van der Waals surface area contributed by atoms with Crippen molar-refractivity contribution in [1.29, 1.82) is 0 Å². The van der Waals surface area contributed by atoms with Crippen molar-refractivity contribution in [2.24, 2.45) is 0 Å². The highest BCUT2D eigenvalue weighted by Crippen LogP contribution is 2.29. The average Bonchev–Trinajstić information content (AvgIpc) is 2.69. The molecule has 1 saturated heterocycles. The number of hydrogen-bond acceptors (Lipinski definition) is 3. The number of nitrogens with one attached hydrogen (secondary N) is 1. The monoisotopic (exact) mass is 230 g/mol. The Hall–Kier alpha value is -1.55. The van der Waals surface area contributed by atoms with E-state index in [4.69, 9.17) is 5.73 Å². The molecule has 0 bridgehead atoms. The molecular weight excluding hydrogens is 212 g/mol. The number of imidazole rings is 1. The highest BCUT2D eigenvalue weighted by atomic mass is 15.1. The summed E-state index contributed by atoms with van der Waals surface area (Å²) in [4.78, 5) is 9.72. The molecule has 3 N–H and O–H groups in total. The van der Waals surface area contributed by atoms with Gasteiger partial charge in [-0.15, -0.1) is 0 Å². The van der Waals surface area contributed by atoms with Crippen LogP contribution in [0.5, 0.6) is 0 Å². The first-order chi connectivity index (χ1) is 8.22. The largest absolute Gasteiger partial charge is 0.369 e. The van der Waals surface area contributed by atoms with Gasteiger partial charge in [0.1, 0.15) is 0 Å². The van der Waals surface area contributed by atoms with E-state index in [0.717, 1.165) is 11.0 Å². The Kier molecular flexibility index (Phi) is 2.52. The number of aromatic amines is 1. The normalized spacial score (nSPS) is 18.9. The molecule has 0 aliphatic carbocycles. The number of anilines is 1. The summed E-state index contributed by atoms with van der Waals surface area (Å²) in [5, 5.41) is 0. The maximum absolute atomic E-state index is 5.66. The number of fused-ring (bicyclic) bond motifs is 1. The van der Waals surface area contributed by atoms with E-state index in [1.54, 1.807) is 0 Å². The van der Waals surface area contributed by atoms with E-state index in [2.05, 4.69) is 40.1 Å². The molecule has 0 atom stereocenters. The summed E-state index contributed by atoms with van der Waals surface area (Å²) in [6.45, 7) is 2.38. The van der Waals surface area contributed by atoms with Gasteiger partial charge < -0.3 is 15.6 Å². The van der Waals surface area contributed by atoms with Crippen LogP contribution in [0.3, 0.4) is 0 Å². The molecule has 3 rings (SSSR count). The number of H-pyrrole nitrogens is 1. The number of hydrogen-bond donors (Lipinski definition) is 2. The molecule has 0 spiro atoms. The molecule has 1 aromatic heterocycles. The van der Waals surface area contributed by atoms with Gasteiger partial charge in [0.15, 0.2) is 5.95 Å². The summed E-state index contributed by atoms with van der Waals surface area (Å²) in [5.41, 5.74) is 9.09. The van der Waals surface area contributed by atoms with Gasteiger partial charge in [-0.3, -0.25) is 0 Å². The molecular formula is C13H18N4. The van der Waals surface area contributed by atoms with E-state index in [0.29, 0.717) is 11.9 Å². The highest BCUT2D eigenvalue weighted by Gasteiger charge is 2.18. The van der Waals surface area contributed by atoms with Crippen molar-refractivity contribution in [1.82, 2.24) is 14.9 Å². The van der Waals surface area contributed by atoms with Crippen LogP contribution in [0.4, 0.5) is 5.95 Å². The van der Waals surface area contributed by atoms with Crippen molar-refractivity contribution < 1.29 is 0 Å². The number of aromatic nitrogens is 2. The molecule has 0 radical (unpaired) electrons. The van der Waals surface area contributed by atoms with Gasteiger partial charge in [0, 0.05) is 0 Å². The first kappa shape index (κ1) is 10.6. The predicted octanol–water partition coefficient (Wildman–Crippen LogP) is 1.95. The van der Waals surface area contributed by atoms with Crippen LogP contribution in [0.2, 0.25) is 0 Å². The standard InChI is InChI=1S/C13H18N4/c1-17-6-4-9(5-7-17)10-2-3-11-12(8-10)16-13(14)15-11/h2-3,8-9H,4-7H2,1H3,(H3,14,15,16). The molecule has 0 amide bonds. The number of piperidine rings is 1. The zero-order valence-electron chi connectivity index (χ0n) is 10.1. The zero-order chi connectivity index (χ0) is 11.8. The van der Waals surface area contributed by atoms with Crippen LogP contribution in [0.1, 0.15) is 24.3 Å². The summed E-state index contributed by atoms with van der Waals surface area (Å²) in [6.07, 6.45) is 2.48. The zero-order valence-corrected chi connectivity index (χ0v) is 10.1. The van der Waals surface area contributed by atoms with Crippen LogP contribution < -0.4 is 5.73 Å². The molecule has 4 heteroatoms. The average molecular weight is 230 g/mol. The summed E-state index contributed by atoms with van der Waals surface area (Å²) in [6, 6.07) is 6.46. The van der Waals surface area contributed by atoms with Crippen molar-refractivity contribution in [2.75, 3.05) is 25.9 Å². The van der Waals surface area contributed by atoms with E-state index >= 15 is 0 Å². The van der Waals surface area contributed by atoms with E-state index in [1.807, 2.05) is 0 Å². The molecule has 1 fully saturated rings. The Labute approximate surface area is 101 Å². The maximum atomic E-state index is 5.66. The molecule has 0 unspecified atom stereocenters. The lowest BCUT2D eigenvalue weighted by Crippen LogP contribution is -2.29. The van der Waals surface area contributed by atoms with Gasteiger partial charge in [0.2, 0.25) is 0 Å². The quantitative estimate of drug-likeness (QED) is 0.787. The Morgan fingerprint density at radius 1 is 1.35 bits per heavy atom. The first-order valence-electron chi connectivity index (χ1n) is 6.16. The SMILES string of the molecule is CN1CCC(c2ccc3nc(N)[nH]c3c2)CC1. The van der Waals surface area contributed by atoms with Crippen molar-refractivity contribution in [3.8, 4) is 0 Å². The number of likely N-dealkylation sites (tertiary alicyclic amines) is 1. The minimum Gasteiger partial charge on any atom is -0.369 e. The fraction of sp³-hybridized carbons (Fsp3) is 0.462. The second-order valence-corrected chi connectivity index (χ2v) is 4.98. The molecule has 1 aliphatic heterocycles. The number of benzene rings is 1. The smallest absolute Gasteiger partial charge is 0.198 e. The molecule has 1 aromatic carbocycles. The van der Waals surface area contributed by atoms with Gasteiger partial charge in [-0.1, -0.05) is 6.07 Å². The third-order valence-electron chi connectivity index (χ3n) is 3.71. The van der Waals surface area contributed by atoms with E-state index in [1.165, 1.54) is 31.5 Å². The summed E-state index contributed by atoms with van der Waals surface area (Å²) < 4.78 is 0. The van der Waals surface area contributed by atoms with Gasteiger partial charge in [-0.2, -0.15) is 0 Å². The van der Waals surface area contributed by atoms with Crippen LogP contribution in [-0.4, -0.2) is 35.0 Å². The predicted molar refractivity (Wildman–Crippen MR) is 70.0 cm³/mol. The molecule has 17 heavy (non-hydrogen) atoms. The maximum Gasteiger partial charge on any atom is 0.198 e. The molecule has 2 aromatic rings. The number of nitrogens with zero attached hydrogens (tertiary/aromatic N) is 2. The molecule has 4 nitrogen and oxygen atoms in total. The van der Waals surface area contributed by atoms with Crippen LogP contribution in [-0.2, 0) is 0 Å². The van der Waals surface area contributed by atoms with Crippen LogP contribution in [0, 0.1) is 0 Å². The van der Waals surface area contributed by atoms with Crippen LogP contribution in [0.15, 0.2) is 18.2 Å². The molecule has 1 aliphatic rings. The summed E-state index contributed by atoms with van der Waals surface area (Å²) in [7, 11) is 2.19. The first-order valence-corrected chi connectivity index (χ1v) is 6.16. The third kappa shape index (κ3) is 2.00. The molecule has 0 saturated carbocycles. The Balaban J connectivity index is 1.89. The van der Waals surface area contributed by atoms with Crippen molar-refractivity contribution >= 4 is 17.0 Å². The Morgan fingerprint density at radius 2 is 2.12 bits per heavy atom. The van der Waals surface area contributed by atoms with E-state index in [-0.39, 0.29) is 0 Å². The number of nitrogens with two attached hydrogens (primary N) is 1. The van der Waals surface area contributed by atoms with Gasteiger partial charge in [-0.25, -0.2) is 4.98 Å². The Morgan fingerprint density at radius 3 is 2.88 bits per heavy atom. The second kappa shape index (κ2) is 4.04. The van der Waals surface area contributed by atoms with Crippen molar-refractivity contribution in [3.63, 3.8) is 0 Å². The van der Waals surface area contributed by atoms with Crippen LogP contribution in [0.25, 0.3) is 11.0 Å². The van der Waals surface area contributed by atoms with Gasteiger partial charge >= 0.3 is 0 Å². The van der Waals surface area contributed by atoms with E-state index < -0.39 is 0 Å². The minimum atomic E-state index is 0.500. The fourth-order valence-corrected chi connectivity index (χ4v) is 2.64. The highest BCUT2D eigenvalue weighted by molar-refractivity contribution is 5.77. The lowest BCUT2D eigenvalue weighted by molar-refractivity contribution is 0.255. The van der Waals surface area contributed by atoms with Gasteiger partial charge in [0.05, 0.1) is 11.0 Å². The Bertz CT molecular complexity index is 523. The van der Waals surface area contributed by atoms with Gasteiger partial charge in [0.25, 0.3) is 0 Å². The third-order valence-corrected chi connectivity index (χ3v) is 3.71. The minimum absolute atomic E-state index is 0.500. The van der Waals surface area contributed by atoms with Crippen molar-refractivity contribution in [3.05, 3.63) is 23.8 Å².